The quantitative estimate of drug-likeness (QED) is 0.575. The van der Waals surface area contributed by atoms with E-state index in [2.05, 4.69) is 0 Å². The Labute approximate surface area is 77.7 Å². The van der Waals surface area contributed by atoms with E-state index in [0.29, 0.717) is 32.8 Å². The zero-order valence-electron chi connectivity index (χ0n) is 7.58. The lowest BCUT2D eigenvalue weighted by Crippen LogP contribution is -2.42. The Hall–Kier alpha value is -0.125. The molecule has 3 nitrogen and oxygen atoms in total. The summed E-state index contributed by atoms with van der Waals surface area (Å²) < 4.78 is 29.3. The fraction of sp³-hybridized carbons (Fsp3) is 1.00. The summed E-state index contributed by atoms with van der Waals surface area (Å²) in [6.45, 7) is 2.29. The molecule has 2 aliphatic heterocycles. The predicted molar refractivity (Wildman–Crippen MR) is 46.4 cm³/mol. The molecule has 0 amide bonds. The normalized spacial score (nSPS) is 36.2. The molecule has 0 aromatic heterocycles. The first-order valence-electron chi connectivity index (χ1n) is 4.83. The molecular weight excluding hydrogens is 174 g/mol. The van der Waals surface area contributed by atoms with E-state index in [1.165, 1.54) is 0 Å². The van der Waals surface area contributed by atoms with E-state index in [-0.39, 0.29) is 12.9 Å². The average molecular weight is 188 g/mol. The largest absolute Gasteiger partial charge is 0.465 e. The van der Waals surface area contributed by atoms with Gasteiger partial charge in [-0.25, -0.2) is 4.39 Å². The maximum atomic E-state index is 13.4. The van der Waals surface area contributed by atoms with Crippen molar-refractivity contribution in [2.24, 2.45) is 0 Å². The highest BCUT2D eigenvalue weighted by molar-refractivity contribution is 6.46. The van der Waals surface area contributed by atoms with Crippen molar-refractivity contribution in [1.82, 2.24) is 0 Å². The fourth-order valence-electron chi connectivity index (χ4n) is 1.74. The Morgan fingerprint density at radius 2 is 1.92 bits per heavy atom. The van der Waals surface area contributed by atoms with E-state index in [4.69, 9.17) is 14.0 Å². The molecule has 0 radical (unpaired) electrons. The Kier molecular flexibility index (Phi) is 3.19. The van der Waals surface area contributed by atoms with Crippen molar-refractivity contribution >= 4 is 7.12 Å². The van der Waals surface area contributed by atoms with Gasteiger partial charge in [0.15, 0.2) is 0 Å². The van der Waals surface area contributed by atoms with Crippen LogP contribution < -0.4 is 0 Å². The van der Waals surface area contributed by atoms with Gasteiger partial charge in [-0.15, -0.1) is 0 Å². The molecule has 0 aromatic rings. The lowest BCUT2D eigenvalue weighted by atomic mass is 9.67. The summed E-state index contributed by atoms with van der Waals surface area (Å²) in [6, 6.07) is 0. The second-order valence-electron chi connectivity index (χ2n) is 3.51. The standard InChI is InChI=1S/C8H14BFO3/c10-8-2-5-11-6-7(8)9-12-3-1-4-13-9/h7-8H,1-6H2. The maximum Gasteiger partial charge on any atom is 0.465 e. The Morgan fingerprint density at radius 1 is 1.15 bits per heavy atom. The first-order valence-corrected chi connectivity index (χ1v) is 4.83. The van der Waals surface area contributed by atoms with Crippen LogP contribution in [0.1, 0.15) is 12.8 Å². The molecule has 0 aliphatic carbocycles. The lowest BCUT2D eigenvalue weighted by Gasteiger charge is -2.31. The highest BCUT2D eigenvalue weighted by Gasteiger charge is 2.40. The molecule has 0 bridgehead atoms. The van der Waals surface area contributed by atoms with Gasteiger partial charge in [-0.05, 0) is 6.42 Å². The first kappa shape index (κ1) is 9.43. The van der Waals surface area contributed by atoms with Crippen molar-refractivity contribution in [3.8, 4) is 0 Å². The summed E-state index contributed by atoms with van der Waals surface area (Å²) in [4.78, 5) is 0. The summed E-state index contributed by atoms with van der Waals surface area (Å²) in [5.74, 6) is -0.228. The van der Waals surface area contributed by atoms with Crippen LogP contribution in [0.2, 0.25) is 5.82 Å². The van der Waals surface area contributed by atoms with Gasteiger partial charge in [0.05, 0.1) is 6.61 Å². The average Bonchev–Trinajstić information content (AvgIpc) is 2.20. The second-order valence-corrected chi connectivity index (χ2v) is 3.51. The number of halogens is 1. The van der Waals surface area contributed by atoms with Gasteiger partial charge in [-0.2, -0.15) is 0 Å². The molecule has 2 saturated heterocycles. The smallest absolute Gasteiger partial charge is 0.411 e. The van der Waals surface area contributed by atoms with Crippen molar-refractivity contribution in [1.29, 1.82) is 0 Å². The molecule has 0 spiro atoms. The molecule has 0 saturated carbocycles. The molecule has 2 aliphatic rings. The highest BCUT2D eigenvalue weighted by atomic mass is 19.1. The van der Waals surface area contributed by atoms with Crippen LogP contribution in [0.5, 0.6) is 0 Å². The van der Waals surface area contributed by atoms with Gasteiger partial charge >= 0.3 is 7.12 Å². The van der Waals surface area contributed by atoms with Crippen molar-refractivity contribution in [3.05, 3.63) is 0 Å². The summed E-state index contributed by atoms with van der Waals surface area (Å²) in [5.41, 5.74) is 0. The van der Waals surface area contributed by atoms with Crippen molar-refractivity contribution in [2.45, 2.75) is 24.8 Å². The molecule has 2 heterocycles. The van der Waals surface area contributed by atoms with Crippen molar-refractivity contribution in [2.75, 3.05) is 26.4 Å². The topological polar surface area (TPSA) is 27.7 Å². The summed E-state index contributed by atoms with van der Waals surface area (Å²) in [6.07, 6.45) is 0.534. The Morgan fingerprint density at radius 3 is 2.62 bits per heavy atom. The molecule has 2 fully saturated rings. The number of hydrogen-bond donors (Lipinski definition) is 0. The third kappa shape index (κ3) is 2.21. The van der Waals surface area contributed by atoms with E-state index in [1.54, 1.807) is 0 Å². The summed E-state index contributed by atoms with van der Waals surface area (Å²) in [7, 11) is -0.385. The van der Waals surface area contributed by atoms with Gasteiger partial charge in [0.25, 0.3) is 0 Å². The van der Waals surface area contributed by atoms with Crippen LogP contribution in [-0.2, 0) is 14.0 Å². The zero-order valence-corrected chi connectivity index (χ0v) is 7.58. The predicted octanol–water partition coefficient (Wildman–Crippen LogP) is 1.04. The lowest BCUT2D eigenvalue weighted by molar-refractivity contribution is 0.0267. The van der Waals surface area contributed by atoms with Gasteiger partial charge in [0.1, 0.15) is 6.17 Å². The Balaban J connectivity index is 1.88. The van der Waals surface area contributed by atoms with Gasteiger partial charge in [0, 0.05) is 32.1 Å². The zero-order chi connectivity index (χ0) is 9.10. The molecular formula is C8H14BFO3. The molecule has 2 rings (SSSR count). The molecule has 2 unspecified atom stereocenters. The van der Waals surface area contributed by atoms with Gasteiger partial charge in [0.2, 0.25) is 0 Å². The van der Waals surface area contributed by atoms with Crippen LogP contribution in [-0.4, -0.2) is 39.7 Å². The molecule has 5 heteroatoms. The molecule has 2 atom stereocenters. The van der Waals surface area contributed by atoms with E-state index in [1.807, 2.05) is 0 Å². The van der Waals surface area contributed by atoms with Crippen molar-refractivity contribution in [3.63, 3.8) is 0 Å². The van der Waals surface area contributed by atoms with E-state index < -0.39 is 6.17 Å². The minimum Gasteiger partial charge on any atom is -0.411 e. The number of ether oxygens (including phenoxy) is 1. The highest BCUT2D eigenvalue weighted by Crippen LogP contribution is 2.28. The van der Waals surface area contributed by atoms with Crippen LogP contribution >= 0.6 is 0 Å². The molecule has 0 aromatic carbocycles. The van der Waals surface area contributed by atoms with Crippen molar-refractivity contribution < 1.29 is 18.4 Å². The van der Waals surface area contributed by atoms with Gasteiger partial charge in [-0.1, -0.05) is 0 Å². The van der Waals surface area contributed by atoms with Gasteiger partial charge < -0.3 is 14.0 Å². The monoisotopic (exact) mass is 188 g/mol. The van der Waals surface area contributed by atoms with Crippen LogP contribution in [0.4, 0.5) is 4.39 Å². The van der Waals surface area contributed by atoms with Crippen LogP contribution in [0.15, 0.2) is 0 Å². The van der Waals surface area contributed by atoms with Gasteiger partial charge in [-0.3, -0.25) is 0 Å². The Bertz CT molecular complexity index is 163. The van der Waals surface area contributed by atoms with Crippen LogP contribution in [0.3, 0.4) is 0 Å². The number of alkyl halides is 1. The third-order valence-corrected chi connectivity index (χ3v) is 2.52. The first-order chi connectivity index (χ1) is 6.38. The number of rotatable bonds is 1. The maximum absolute atomic E-state index is 13.4. The SMILES string of the molecule is FC1CCOCC1B1OCCCO1. The fourth-order valence-corrected chi connectivity index (χ4v) is 1.74. The van der Waals surface area contributed by atoms with Crippen LogP contribution in [0, 0.1) is 0 Å². The van der Waals surface area contributed by atoms with Crippen LogP contribution in [0.25, 0.3) is 0 Å². The minimum atomic E-state index is -0.836. The molecule has 0 N–H and O–H groups in total. The van der Waals surface area contributed by atoms with E-state index in [9.17, 15) is 4.39 Å². The molecule has 74 valence electrons. The third-order valence-electron chi connectivity index (χ3n) is 2.52. The second kappa shape index (κ2) is 4.40. The molecule has 13 heavy (non-hydrogen) atoms. The minimum absolute atomic E-state index is 0.228. The number of hydrogen-bond acceptors (Lipinski definition) is 3. The van der Waals surface area contributed by atoms with E-state index in [0.717, 1.165) is 6.42 Å². The van der Waals surface area contributed by atoms with E-state index >= 15 is 0 Å². The summed E-state index contributed by atoms with van der Waals surface area (Å²) >= 11 is 0. The summed E-state index contributed by atoms with van der Waals surface area (Å²) in [5, 5.41) is 0.